The van der Waals surface area contributed by atoms with Crippen LogP contribution in [0.4, 0.5) is 5.69 Å². The lowest BCUT2D eigenvalue weighted by Gasteiger charge is -2.05. The number of aliphatic imine (C=N–C) groups is 1. The molecule has 1 aliphatic heterocycles. The molecule has 26 heavy (non-hydrogen) atoms. The van der Waals surface area contributed by atoms with Crippen molar-refractivity contribution in [2.45, 2.75) is 13.3 Å². The zero-order valence-corrected chi connectivity index (χ0v) is 15.5. The van der Waals surface area contributed by atoms with Gasteiger partial charge in [-0.1, -0.05) is 43.3 Å². The highest BCUT2D eigenvalue weighted by molar-refractivity contribution is 7.71. The molecule has 5 heteroatoms. The van der Waals surface area contributed by atoms with E-state index in [1.165, 1.54) is 5.56 Å². The molecule has 0 unspecified atom stereocenters. The maximum absolute atomic E-state index is 10.8. The van der Waals surface area contributed by atoms with Gasteiger partial charge in [-0.2, -0.15) is 0 Å². The van der Waals surface area contributed by atoms with Gasteiger partial charge >= 0.3 is 0 Å². The maximum atomic E-state index is 10.8. The molecule has 0 fully saturated rings. The van der Waals surface area contributed by atoms with Crippen LogP contribution in [0.15, 0.2) is 53.5 Å². The molecule has 0 amide bonds. The van der Waals surface area contributed by atoms with Gasteiger partial charge in [0, 0.05) is 24.4 Å². The Morgan fingerprint density at radius 3 is 2.62 bits per heavy atom. The first-order chi connectivity index (χ1) is 12.6. The van der Waals surface area contributed by atoms with E-state index in [1.54, 1.807) is 4.57 Å². The number of para-hydroxylation sites is 2. The van der Waals surface area contributed by atoms with Crippen LogP contribution < -0.4 is 0 Å². The molecule has 130 valence electrons. The van der Waals surface area contributed by atoms with Crippen molar-refractivity contribution in [3.8, 4) is 11.6 Å². The summed E-state index contributed by atoms with van der Waals surface area (Å²) in [6, 6.07) is 15.8. The van der Waals surface area contributed by atoms with Gasteiger partial charge in [-0.05, 0) is 42.4 Å². The number of nitrogens with zero attached hydrogens (tertiary/aromatic N) is 3. The second-order valence-electron chi connectivity index (χ2n) is 6.25. The van der Waals surface area contributed by atoms with Gasteiger partial charge in [-0.15, -0.1) is 0 Å². The number of imidazole rings is 1. The minimum absolute atomic E-state index is 0.129. The van der Waals surface area contributed by atoms with Gasteiger partial charge in [0.2, 0.25) is 5.88 Å². The predicted molar refractivity (Wildman–Crippen MR) is 109 cm³/mol. The summed E-state index contributed by atoms with van der Waals surface area (Å²) in [7, 11) is 1.86. The molecular formula is C21H19N3OS. The van der Waals surface area contributed by atoms with E-state index in [0.717, 1.165) is 28.9 Å². The fourth-order valence-corrected chi connectivity index (χ4v) is 3.60. The molecule has 1 aliphatic rings. The van der Waals surface area contributed by atoms with E-state index < -0.39 is 0 Å². The van der Waals surface area contributed by atoms with Gasteiger partial charge in [0.05, 0.1) is 11.4 Å². The summed E-state index contributed by atoms with van der Waals surface area (Å²) < 4.78 is 4.04. The lowest BCUT2D eigenvalue weighted by molar-refractivity contribution is 0.440. The average molecular weight is 361 g/mol. The largest absolute Gasteiger partial charge is 0.493 e. The summed E-state index contributed by atoms with van der Waals surface area (Å²) in [4.78, 5) is 4.58. The van der Waals surface area contributed by atoms with Crippen LogP contribution in [-0.4, -0.2) is 20.5 Å². The minimum Gasteiger partial charge on any atom is -0.493 e. The Morgan fingerprint density at radius 1 is 1.12 bits per heavy atom. The third-order valence-electron chi connectivity index (χ3n) is 4.73. The van der Waals surface area contributed by atoms with Crippen molar-refractivity contribution in [1.29, 1.82) is 0 Å². The average Bonchev–Trinajstić information content (AvgIpc) is 3.17. The Balaban J connectivity index is 1.87. The van der Waals surface area contributed by atoms with Crippen LogP contribution in [0.1, 0.15) is 23.7 Å². The van der Waals surface area contributed by atoms with Gasteiger partial charge in [0.25, 0.3) is 0 Å². The topological polar surface area (TPSA) is 42.5 Å². The normalized spacial score (nSPS) is 14.2. The predicted octanol–water partition coefficient (Wildman–Crippen LogP) is 5.07. The minimum atomic E-state index is 0.129. The van der Waals surface area contributed by atoms with E-state index in [9.17, 15) is 5.11 Å². The Kier molecular flexibility index (Phi) is 4.09. The fourth-order valence-electron chi connectivity index (χ4n) is 3.31. The molecule has 0 spiro atoms. The number of rotatable bonds is 3. The standard InChI is InChI=1S/C21H19N3OS/c1-3-14-8-7-11-17-15(13-22-19(14)17)12-18-20(25)24(21(26)23(18)2)16-9-5-4-6-10-16/h4-13,25H,3H2,1-2H3. The number of aromatic nitrogens is 2. The summed E-state index contributed by atoms with van der Waals surface area (Å²) in [5.41, 5.74) is 5.80. The van der Waals surface area contributed by atoms with E-state index in [-0.39, 0.29) is 5.88 Å². The van der Waals surface area contributed by atoms with Crippen LogP contribution in [0.25, 0.3) is 17.3 Å². The number of benzene rings is 2. The molecule has 4 nitrogen and oxygen atoms in total. The second kappa shape index (κ2) is 6.42. The molecule has 0 saturated carbocycles. The first-order valence-electron chi connectivity index (χ1n) is 8.56. The summed E-state index contributed by atoms with van der Waals surface area (Å²) >= 11 is 5.54. The molecule has 0 aliphatic carbocycles. The lowest BCUT2D eigenvalue weighted by Crippen LogP contribution is -1.95. The first kappa shape index (κ1) is 16.5. The van der Waals surface area contributed by atoms with Crippen molar-refractivity contribution in [2.75, 3.05) is 0 Å². The smallest absolute Gasteiger partial charge is 0.222 e. The number of allylic oxidation sites excluding steroid dienone is 1. The number of fused-ring (bicyclic) bond motifs is 1. The Hall–Kier alpha value is -2.92. The Morgan fingerprint density at radius 2 is 1.88 bits per heavy atom. The van der Waals surface area contributed by atoms with Crippen molar-refractivity contribution < 1.29 is 5.11 Å². The van der Waals surface area contributed by atoms with Crippen LogP contribution >= 0.6 is 12.2 Å². The quantitative estimate of drug-likeness (QED) is 0.662. The molecule has 0 saturated heterocycles. The van der Waals surface area contributed by atoms with Crippen molar-refractivity contribution >= 4 is 35.8 Å². The van der Waals surface area contributed by atoms with E-state index in [0.29, 0.717) is 10.5 Å². The molecule has 0 bridgehead atoms. The highest BCUT2D eigenvalue weighted by Gasteiger charge is 2.19. The highest BCUT2D eigenvalue weighted by Crippen LogP contribution is 2.37. The van der Waals surface area contributed by atoms with E-state index >= 15 is 0 Å². The van der Waals surface area contributed by atoms with Gasteiger partial charge in [-0.3, -0.25) is 9.56 Å². The van der Waals surface area contributed by atoms with Gasteiger partial charge < -0.3 is 9.67 Å². The van der Waals surface area contributed by atoms with E-state index in [1.807, 2.05) is 60.3 Å². The van der Waals surface area contributed by atoms with Gasteiger partial charge in [0.15, 0.2) is 4.77 Å². The SMILES string of the molecule is CCc1cccc2c1N=CC2=Cc1c(O)n(-c2ccccc2)c(=S)n1C. The van der Waals surface area contributed by atoms with Gasteiger partial charge in [0.1, 0.15) is 5.69 Å². The number of aryl methyl sites for hydroxylation is 1. The van der Waals surface area contributed by atoms with Crippen LogP contribution in [-0.2, 0) is 13.5 Å². The van der Waals surface area contributed by atoms with E-state index in [4.69, 9.17) is 12.2 Å². The molecule has 0 radical (unpaired) electrons. The van der Waals surface area contributed by atoms with Crippen molar-refractivity contribution in [1.82, 2.24) is 9.13 Å². The van der Waals surface area contributed by atoms with Crippen molar-refractivity contribution in [2.24, 2.45) is 12.0 Å². The second-order valence-corrected chi connectivity index (χ2v) is 6.61. The van der Waals surface area contributed by atoms with Crippen LogP contribution in [0.3, 0.4) is 0 Å². The number of aromatic hydroxyl groups is 1. The molecule has 1 N–H and O–H groups in total. The maximum Gasteiger partial charge on any atom is 0.222 e. The third-order valence-corrected chi connectivity index (χ3v) is 5.19. The molecule has 2 aromatic carbocycles. The zero-order chi connectivity index (χ0) is 18.3. The zero-order valence-electron chi connectivity index (χ0n) is 14.7. The van der Waals surface area contributed by atoms with Crippen molar-refractivity contribution in [3.05, 3.63) is 70.1 Å². The fraction of sp³-hybridized carbons (Fsp3) is 0.143. The lowest BCUT2D eigenvalue weighted by atomic mass is 10.0. The van der Waals surface area contributed by atoms with Crippen LogP contribution in [0.5, 0.6) is 5.88 Å². The summed E-state index contributed by atoms with van der Waals surface area (Å²) in [6.07, 6.45) is 4.74. The monoisotopic (exact) mass is 361 g/mol. The Labute approximate surface area is 157 Å². The Bertz CT molecular complexity index is 1100. The third kappa shape index (κ3) is 2.52. The van der Waals surface area contributed by atoms with Crippen LogP contribution in [0, 0.1) is 4.77 Å². The summed E-state index contributed by atoms with van der Waals surface area (Å²) in [5, 5.41) is 10.8. The molecule has 1 aromatic heterocycles. The first-order valence-corrected chi connectivity index (χ1v) is 8.96. The van der Waals surface area contributed by atoms with E-state index in [2.05, 4.69) is 24.0 Å². The molecule has 3 aromatic rings. The van der Waals surface area contributed by atoms with Crippen LogP contribution in [0.2, 0.25) is 0 Å². The molecule has 2 heterocycles. The molecular weight excluding hydrogens is 342 g/mol. The van der Waals surface area contributed by atoms with Crippen molar-refractivity contribution in [3.63, 3.8) is 0 Å². The number of hydrogen-bond acceptors (Lipinski definition) is 3. The summed E-state index contributed by atoms with van der Waals surface area (Å²) in [5.74, 6) is 0.129. The van der Waals surface area contributed by atoms with Gasteiger partial charge in [-0.25, -0.2) is 0 Å². The summed E-state index contributed by atoms with van der Waals surface area (Å²) in [6.45, 7) is 2.13. The highest BCUT2D eigenvalue weighted by atomic mass is 32.1. The number of hydrogen-bond donors (Lipinski definition) is 1. The molecule has 4 rings (SSSR count). The molecule has 0 atom stereocenters.